The van der Waals surface area contributed by atoms with Gasteiger partial charge in [0.1, 0.15) is 6.29 Å². The van der Waals surface area contributed by atoms with E-state index in [1.165, 1.54) is 0 Å². The molecule has 2 nitrogen and oxygen atoms in total. The summed E-state index contributed by atoms with van der Waals surface area (Å²) >= 11 is 0. The van der Waals surface area contributed by atoms with Gasteiger partial charge in [-0.05, 0) is 5.56 Å². The smallest absolute Gasteiger partial charge is 0.382 e. The minimum Gasteiger partial charge on any atom is -0.382 e. The summed E-state index contributed by atoms with van der Waals surface area (Å²) in [6.45, 7) is 6.32. The Morgan fingerprint density at radius 2 is 1.75 bits per heavy atom. The summed E-state index contributed by atoms with van der Waals surface area (Å²) in [5.74, 6) is 1.94. The van der Waals surface area contributed by atoms with Gasteiger partial charge in [0.25, 0.3) is 0 Å². The van der Waals surface area contributed by atoms with Crippen molar-refractivity contribution in [1.82, 2.24) is 0 Å². The summed E-state index contributed by atoms with van der Waals surface area (Å²) in [6.07, 6.45) is 1.93. The topological polar surface area (TPSA) is 18.5 Å². The van der Waals surface area contributed by atoms with E-state index in [9.17, 15) is 0 Å². The minimum absolute atomic E-state index is 0.0527. The van der Waals surface area contributed by atoms with E-state index in [2.05, 4.69) is 32.9 Å². The van der Waals surface area contributed by atoms with Crippen LogP contribution in [0.1, 0.15) is 26.3 Å². The number of hydrogen-bond donors (Lipinski definition) is 0. The SMILES string of the molecule is CC(C)(C)C1OB(/C=C/c2ccccc2)O1. The Labute approximate surface area is 97.4 Å². The van der Waals surface area contributed by atoms with Crippen molar-refractivity contribution < 1.29 is 9.31 Å². The molecule has 1 heterocycles. The van der Waals surface area contributed by atoms with Crippen LogP contribution < -0.4 is 0 Å². The second-order valence-corrected chi connectivity index (χ2v) is 5.11. The third kappa shape index (κ3) is 2.74. The molecule has 0 bridgehead atoms. The molecule has 0 atom stereocenters. The van der Waals surface area contributed by atoms with Crippen molar-refractivity contribution in [3.63, 3.8) is 0 Å². The molecule has 16 heavy (non-hydrogen) atoms. The molecule has 1 aromatic rings. The first kappa shape index (κ1) is 11.4. The first-order chi connectivity index (χ1) is 7.55. The highest BCUT2D eigenvalue weighted by molar-refractivity contribution is 6.53. The maximum Gasteiger partial charge on any atom is 0.489 e. The summed E-state index contributed by atoms with van der Waals surface area (Å²) in [5.41, 5.74) is 1.21. The van der Waals surface area contributed by atoms with Crippen LogP contribution in [-0.2, 0) is 9.31 Å². The van der Waals surface area contributed by atoms with Crippen LogP contribution in [0.3, 0.4) is 0 Å². The van der Waals surface area contributed by atoms with E-state index < -0.39 is 0 Å². The van der Waals surface area contributed by atoms with Gasteiger partial charge >= 0.3 is 7.12 Å². The lowest BCUT2D eigenvalue weighted by Gasteiger charge is -2.41. The highest BCUT2D eigenvalue weighted by Crippen LogP contribution is 2.31. The Kier molecular flexibility index (Phi) is 3.17. The van der Waals surface area contributed by atoms with Crippen LogP contribution >= 0.6 is 0 Å². The molecule has 1 aliphatic heterocycles. The number of benzene rings is 1. The second kappa shape index (κ2) is 4.44. The lowest BCUT2D eigenvalue weighted by atomic mass is 9.81. The molecule has 0 radical (unpaired) electrons. The fraction of sp³-hybridized carbons (Fsp3) is 0.385. The summed E-state index contributed by atoms with van der Waals surface area (Å²) in [6, 6.07) is 10.1. The normalized spacial score (nSPS) is 17.8. The van der Waals surface area contributed by atoms with Crippen LogP contribution in [-0.4, -0.2) is 13.4 Å². The van der Waals surface area contributed by atoms with Gasteiger partial charge in [-0.1, -0.05) is 63.2 Å². The summed E-state index contributed by atoms with van der Waals surface area (Å²) < 4.78 is 11.2. The molecule has 1 fully saturated rings. The zero-order valence-corrected chi connectivity index (χ0v) is 10.0. The standard InChI is InChI=1S/C13H17BO2/c1-13(2,3)12-15-14(16-12)10-9-11-7-5-4-6-8-11/h4-10,12H,1-3H3/b10-9+. The molecule has 0 amide bonds. The van der Waals surface area contributed by atoms with E-state index in [0.29, 0.717) is 0 Å². The van der Waals surface area contributed by atoms with Crippen molar-refractivity contribution in [2.75, 3.05) is 0 Å². The maximum atomic E-state index is 5.62. The molecule has 3 heteroatoms. The average Bonchev–Trinajstić information content (AvgIpc) is 2.15. The molecule has 1 aliphatic rings. The maximum absolute atomic E-state index is 5.62. The molecule has 0 saturated carbocycles. The molecule has 0 aliphatic carbocycles. The lowest BCUT2D eigenvalue weighted by Crippen LogP contribution is -2.50. The lowest BCUT2D eigenvalue weighted by molar-refractivity contribution is -0.168. The Hall–Kier alpha value is -1.06. The molecular formula is C13H17BO2. The first-order valence-electron chi connectivity index (χ1n) is 5.60. The highest BCUT2D eigenvalue weighted by Gasteiger charge is 2.41. The van der Waals surface area contributed by atoms with Crippen molar-refractivity contribution in [2.24, 2.45) is 5.41 Å². The Bertz CT molecular complexity index is 361. The van der Waals surface area contributed by atoms with Gasteiger partial charge in [-0.25, -0.2) is 0 Å². The molecule has 2 rings (SSSR count). The Morgan fingerprint density at radius 1 is 1.12 bits per heavy atom. The van der Waals surface area contributed by atoms with Crippen LogP contribution in [0, 0.1) is 5.41 Å². The summed E-state index contributed by atoms with van der Waals surface area (Å²) in [4.78, 5) is 0. The minimum atomic E-state index is -0.190. The average molecular weight is 216 g/mol. The van der Waals surface area contributed by atoms with Crippen molar-refractivity contribution in [2.45, 2.75) is 27.1 Å². The third-order valence-electron chi connectivity index (χ3n) is 2.47. The monoisotopic (exact) mass is 216 g/mol. The van der Waals surface area contributed by atoms with Gasteiger partial charge < -0.3 is 9.31 Å². The second-order valence-electron chi connectivity index (χ2n) is 5.11. The van der Waals surface area contributed by atoms with Gasteiger partial charge in [-0.3, -0.25) is 0 Å². The molecule has 0 spiro atoms. The van der Waals surface area contributed by atoms with E-state index in [1.54, 1.807) is 0 Å². The van der Waals surface area contributed by atoms with Gasteiger partial charge in [-0.2, -0.15) is 0 Å². The quantitative estimate of drug-likeness (QED) is 0.707. The Balaban J connectivity index is 1.84. The van der Waals surface area contributed by atoms with Crippen molar-refractivity contribution in [1.29, 1.82) is 0 Å². The van der Waals surface area contributed by atoms with Crippen LogP contribution in [0.25, 0.3) is 6.08 Å². The molecule has 1 aromatic carbocycles. The van der Waals surface area contributed by atoms with Gasteiger partial charge in [0.2, 0.25) is 0 Å². The predicted molar refractivity (Wildman–Crippen MR) is 66.6 cm³/mol. The molecule has 0 aromatic heterocycles. The van der Waals surface area contributed by atoms with Crippen LogP contribution in [0.15, 0.2) is 36.3 Å². The number of rotatable bonds is 2. The zero-order valence-electron chi connectivity index (χ0n) is 10.0. The van der Waals surface area contributed by atoms with E-state index in [0.717, 1.165) is 5.56 Å². The van der Waals surface area contributed by atoms with Gasteiger partial charge in [0, 0.05) is 5.41 Å². The van der Waals surface area contributed by atoms with Gasteiger partial charge in [0.15, 0.2) is 0 Å². The molecule has 0 unspecified atom stereocenters. The third-order valence-corrected chi connectivity index (χ3v) is 2.47. The summed E-state index contributed by atoms with van der Waals surface area (Å²) in [7, 11) is -0.190. The van der Waals surface area contributed by atoms with E-state index in [4.69, 9.17) is 9.31 Å². The fourth-order valence-electron chi connectivity index (χ4n) is 1.51. The molecular weight excluding hydrogens is 199 g/mol. The van der Waals surface area contributed by atoms with Crippen molar-refractivity contribution >= 4 is 13.2 Å². The zero-order chi connectivity index (χ0) is 11.6. The first-order valence-corrected chi connectivity index (χ1v) is 5.60. The summed E-state index contributed by atoms with van der Waals surface area (Å²) in [5, 5.41) is 0. The Morgan fingerprint density at radius 3 is 2.31 bits per heavy atom. The van der Waals surface area contributed by atoms with Crippen molar-refractivity contribution in [3.05, 3.63) is 41.9 Å². The molecule has 0 N–H and O–H groups in total. The fourth-order valence-corrected chi connectivity index (χ4v) is 1.51. The highest BCUT2D eigenvalue weighted by atomic mass is 16.8. The molecule has 1 saturated heterocycles. The largest absolute Gasteiger partial charge is 0.489 e. The van der Waals surface area contributed by atoms with E-state index in [1.807, 2.05) is 30.3 Å². The van der Waals surface area contributed by atoms with E-state index >= 15 is 0 Å². The van der Waals surface area contributed by atoms with Gasteiger partial charge in [0.05, 0.1) is 0 Å². The van der Waals surface area contributed by atoms with Gasteiger partial charge in [-0.15, -0.1) is 0 Å². The predicted octanol–water partition coefficient (Wildman–Crippen LogP) is 3.15. The van der Waals surface area contributed by atoms with E-state index in [-0.39, 0.29) is 18.8 Å². The van der Waals surface area contributed by atoms with Crippen LogP contribution in [0.4, 0.5) is 0 Å². The van der Waals surface area contributed by atoms with Crippen LogP contribution in [0.5, 0.6) is 0 Å². The number of hydrogen-bond acceptors (Lipinski definition) is 2. The van der Waals surface area contributed by atoms with Crippen LogP contribution in [0.2, 0.25) is 0 Å². The molecule has 84 valence electrons. The van der Waals surface area contributed by atoms with Crippen molar-refractivity contribution in [3.8, 4) is 0 Å².